The molecule has 1 unspecified atom stereocenters. The van der Waals surface area contributed by atoms with E-state index in [0.717, 1.165) is 25.1 Å². The van der Waals surface area contributed by atoms with Gasteiger partial charge in [-0.1, -0.05) is 0 Å². The van der Waals surface area contributed by atoms with Crippen molar-refractivity contribution in [3.8, 4) is 0 Å². The number of thioether (sulfide) groups is 1. The summed E-state index contributed by atoms with van der Waals surface area (Å²) >= 11 is 1.91. The van der Waals surface area contributed by atoms with Crippen molar-refractivity contribution in [3.05, 3.63) is 0 Å². The monoisotopic (exact) mass is 201 g/mol. The van der Waals surface area contributed by atoms with E-state index in [2.05, 4.69) is 4.90 Å². The van der Waals surface area contributed by atoms with Crippen molar-refractivity contribution in [2.45, 2.75) is 31.3 Å². The average Bonchev–Trinajstić information content (AvgIpc) is 2.02. The normalized spacial score (nSPS) is 35.8. The summed E-state index contributed by atoms with van der Waals surface area (Å²) in [5.41, 5.74) is -0.335. The topological polar surface area (TPSA) is 23.5 Å². The lowest BCUT2D eigenvalue weighted by molar-refractivity contribution is 0.0254. The van der Waals surface area contributed by atoms with Crippen molar-refractivity contribution >= 4 is 11.8 Å². The van der Waals surface area contributed by atoms with Crippen molar-refractivity contribution < 1.29 is 5.11 Å². The standard InChI is InChI=1S/C10H19NOS/c12-10(3-1-8-13-9-10)4-7-11-5-2-6-11/h12H,1-9H2. The van der Waals surface area contributed by atoms with Gasteiger partial charge in [0.1, 0.15) is 0 Å². The first kappa shape index (κ1) is 9.81. The maximum Gasteiger partial charge on any atom is 0.0750 e. The molecule has 0 aliphatic carbocycles. The molecule has 76 valence electrons. The molecule has 0 bridgehead atoms. The fourth-order valence-electron chi connectivity index (χ4n) is 2.01. The smallest absolute Gasteiger partial charge is 0.0750 e. The Morgan fingerprint density at radius 3 is 2.69 bits per heavy atom. The van der Waals surface area contributed by atoms with Crippen molar-refractivity contribution in [1.82, 2.24) is 4.90 Å². The van der Waals surface area contributed by atoms with Crippen LogP contribution in [0.25, 0.3) is 0 Å². The molecule has 0 radical (unpaired) electrons. The highest BCUT2D eigenvalue weighted by atomic mass is 32.2. The Morgan fingerprint density at radius 1 is 1.31 bits per heavy atom. The molecular weight excluding hydrogens is 182 g/mol. The fourth-order valence-corrected chi connectivity index (χ4v) is 3.17. The van der Waals surface area contributed by atoms with Gasteiger partial charge in [-0.2, -0.15) is 11.8 Å². The highest BCUT2D eigenvalue weighted by molar-refractivity contribution is 7.99. The largest absolute Gasteiger partial charge is 0.389 e. The molecule has 1 atom stereocenters. The van der Waals surface area contributed by atoms with Gasteiger partial charge in [-0.05, 0) is 44.5 Å². The molecule has 0 amide bonds. The van der Waals surface area contributed by atoms with Gasteiger partial charge in [0.2, 0.25) is 0 Å². The first-order chi connectivity index (χ1) is 6.29. The van der Waals surface area contributed by atoms with Crippen LogP contribution in [-0.4, -0.2) is 46.7 Å². The summed E-state index contributed by atoms with van der Waals surface area (Å²) in [5, 5.41) is 10.2. The second kappa shape index (κ2) is 4.20. The Kier molecular flexibility index (Phi) is 3.17. The van der Waals surface area contributed by atoms with E-state index in [-0.39, 0.29) is 5.60 Å². The Morgan fingerprint density at radius 2 is 2.15 bits per heavy atom. The number of likely N-dealkylation sites (tertiary alicyclic amines) is 1. The Labute approximate surface area is 84.7 Å². The summed E-state index contributed by atoms with van der Waals surface area (Å²) in [7, 11) is 0. The molecule has 0 aromatic heterocycles. The molecule has 2 nitrogen and oxygen atoms in total. The summed E-state index contributed by atoms with van der Waals surface area (Å²) in [4.78, 5) is 2.44. The molecule has 2 saturated heterocycles. The lowest BCUT2D eigenvalue weighted by Gasteiger charge is -2.36. The van der Waals surface area contributed by atoms with E-state index < -0.39 is 0 Å². The highest BCUT2D eigenvalue weighted by Gasteiger charge is 2.30. The number of nitrogens with zero attached hydrogens (tertiary/aromatic N) is 1. The predicted octanol–water partition coefficient (Wildman–Crippen LogP) is 1.34. The molecule has 2 heterocycles. The summed E-state index contributed by atoms with van der Waals surface area (Å²) in [6.45, 7) is 3.61. The minimum atomic E-state index is -0.335. The molecule has 2 aliphatic heterocycles. The van der Waals surface area contributed by atoms with Crippen LogP contribution >= 0.6 is 11.8 Å². The highest BCUT2D eigenvalue weighted by Crippen LogP contribution is 2.29. The number of hydrogen-bond donors (Lipinski definition) is 1. The van der Waals surface area contributed by atoms with Gasteiger partial charge in [-0.3, -0.25) is 0 Å². The summed E-state index contributed by atoms with van der Waals surface area (Å²) in [5.74, 6) is 2.20. The van der Waals surface area contributed by atoms with Crippen molar-refractivity contribution in [3.63, 3.8) is 0 Å². The summed E-state index contributed by atoms with van der Waals surface area (Å²) in [6, 6.07) is 0. The van der Waals surface area contributed by atoms with E-state index in [1.807, 2.05) is 11.8 Å². The molecule has 0 aromatic rings. The van der Waals surface area contributed by atoms with E-state index in [1.165, 1.54) is 31.7 Å². The molecule has 1 N–H and O–H groups in total. The van der Waals surface area contributed by atoms with Gasteiger partial charge in [0.05, 0.1) is 5.60 Å². The second-order valence-corrected chi connectivity index (χ2v) is 5.43. The van der Waals surface area contributed by atoms with Gasteiger partial charge < -0.3 is 10.0 Å². The number of hydrogen-bond acceptors (Lipinski definition) is 3. The van der Waals surface area contributed by atoms with Gasteiger partial charge in [0, 0.05) is 12.3 Å². The van der Waals surface area contributed by atoms with Crippen LogP contribution < -0.4 is 0 Å². The molecule has 2 rings (SSSR count). The molecular formula is C10H19NOS. The third-order valence-electron chi connectivity index (χ3n) is 3.14. The average molecular weight is 201 g/mol. The molecule has 2 fully saturated rings. The van der Waals surface area contributed by atoms with Crippen molar-refractivity contribution in [2.75, 3.05) is 31.1 Å². The van der Waals surface area contributed by atoms with Crippen LogP contribution in [0.3, 0.4) is 0 Å². The number of rotatable bonds is 3. The van der Waals surface area contributed by atoms with E-state index in [4.69, 9.17) is 0 Å². The maximum absolute atomic E-state index is 10.2. The first-order valence-electron chi connectivity index (χ1n) is 5.31. The molecule has 2 aliphatic rings. The SMILES string of the molecule is OC1(CCN2CCC2)CCCSC1. The fraction of sp³-hybridized carbons (Fsp3) is 1.00. The summed E-state index contributed by atoms with van der Waals surface area (Å²) in [6.07, 6.45) is 4.56. The predicted molar refractivity (Wildman–Crippen MR) is 57.2 cm³/mol. The van der Waals surface area contributed by atoms with Crippen LogP contribution in [0, 0.1) is 0 Å². The van der Waals surface area contributed by atoms with E-state index in [0.29, 0.717) is 0 Å². The van der Waals surface area contributed by atoms with Gasteiger partial charge in [0.25, 0.3) is 0 Å². The van der Waals surface area contributed by atoms with Crippen LogP contribution in [0.15, 0.2) is 0 Å². The zero-order valence-corrected chi connectivity index (χ0v) is 8.98. The molecule has 0 spiro atoms. The first-order valence-corrected chi connectivity index (χ1v) is 6.47. The minimum Gasteiger partial charge on any atom is -0.389 e. The van der Waals surface area contributed by atoms with Gasteiger partial charge in [0.15, 0.2) is 0 Å². The van der Waals surface area contributed by atoms with Gasteiger partial charge in [-0.25, -0.2) is 0 Å². The summed E-state index contributed by atoms with van der Waals surface area (Å²) < 4.78 is 0. The van der Waals surface area contributed by atoms with Crippen molar-refractivity contribution in [2.24, 2.45) is 0 Å². The lowest BCUT2D eigenvalue weighted by atomic mass is 9.95. The maximum atomic E-state index is 10.2. The van der Waals surface area contributed by atoms with Crippen LogP contribution in [0.4, 0.5) is 0 Å². The van der Waals surface area contributed by atoms with Crippen LogP contribution in [0.1, 0.15) is 25.7 Å². The Hall–Kier alpha value is 0.270. The lowest BCUT2D eigenvalue weighted by Crippen LogP contribution is -2.43. The Bertz CT molecular complexity index is 164. The third-order valence-corrected chi connectivity index (χ3v) is 4.46. The van der Waals surface area contributed by atoms with E-state index in [9.17, 15) is 5.11 Å². The quantitative estimate of drug-likeness (QED) is 0.745. The Balaban J connectivity index is 1.71. The van der Waals surface area contributed by atoms with Gasteiger partial charge >= 0.3 is 0 Å². The molecule has 0 aromatic carbocycles. The molecule has 0 saturated carbocycles. The van der Waals surface area contributed by atoms with Gasteiger partial charge in [-0.15, -0.1) is 0 Å². The van der Waals surface area contributed by atoms with Crippen LogP contribution in [-0.2, 0) is 0 Å². The minimum absolute atomic E-state index is 0.335. The number of aliphatic hydroxyl groups is 1. The molecule has 3 heteroatoms. The van der Waals surface area contributed by atoms with Crippen LogP contribution in [0.5, 0.6) is 0 Å². The zero-order chi connectivity index (χ0) is 9.15. The van der Waals surface area contributed by atoms with Crippen LogP contribution in [0.2, 0.25) is 0 Å². The molecule has 13 heavy (non-hydrogen) atoms. The van der Waals surface area contributed by atoms with E-state index >= 15 is 0 Å². The second-order valence-electron chi connectivity index (χ2n) is 4.33. The van der Waals surface area contributed by atoms with Crippen molar-refractivity contribution in [1.29, 1.82) is 0 Å². The zero-order valence-electron chi connectivity index (χ0n) is 8.17. The third kappa shape index (κ3) is 2.61. The van der Waals surface area contributed by atoms with E-state index in [1.54, 1.807) is 0 Å².